The van der Waals surface area contributed by atoms with Gasteiger partial charge in [-0.25, -0.2) is 3.97 Å². The van der Waals surface area contributed by atoms with Crippen LogP contribution in [0.1, 0.15) is 46.1 Å². The highest BCUT2D eigenvalue weighted by Crippen LogP contribution is 2.30. The lowest BCUT2D eigenvalue weighted by molar-refractivity contribution is 0.289. The number of fused-ring (bicyclic) bond motifs is 1. The lowest BCUT2D eigenvalue weighted by Gasteiger charge is -2.31. The summed E-state index contributed by atoms with van der Waals surface area (Å²) >= 11 is 0. The highest BCUT2D eigenvalue weighted by atomic mass is 32.2. The highest BCUT2D eigenvalue weighted by Gasteiger charge is 2.31. The maximum Gasteiger partial charge on any atom is 0.308 e. The predicted molar refractivity (Wildman–Crippen MR) is 87.9 cm³/mol. The molecule has 0 radical (unpaired) electrons. The van der Waals surface area contributed by atoms with Gasteiger partial charge >= 0.3 is 10.2 Å². The van der Waals surface area contributed by atoms with Crippen molar-refractivity contribution < 1.29 is 8.42 Å². The quantitative estimate of drug-likeness (QED) is 0.869. The number of benzene rings is 1. The van der Waals surface area contributed by atoms with Crippen LogP contribution in [-0.4, -0.2) is 29.3 Å². The van der Waals surface area contributed by atoms with E-state index in [4.69, 9.17) is 0 Å². The molecule has 0 fully saturated rings. The molecule has 1 aromatic heterocycles. The molecule has 21 heavy (non-hydrogen) atoms. The van der Waals surface area contributed by atoms with Gasteiger partial charge in [0.15, 0.2) is 0 Å². The Labute approximate surface area is 127 Å². The van der Waals surface area contributed by atoms with Crippen molar-refractivity contribution in [2.75, 3.05) is 7.05 Å². The standard InChI is InChI=1S/C16H24N2O2S/c1-12(2)14-11-18(15-10-8-7-9-13(14)15)21(19,20)17(6)16(3,4)5/h7-12H,1-6H3. The van der Waals surface area contributed by atoms with E-state index in [1.165, 1.54) is 8.28 Å². The van der Waals surface area contributed by atoms with Crippen LogP contribution in [0.2, 0.25) is 0 Å². The van der Waals surface area contributed by atoms with Crippen LogP contribution in [0.15, 0.2) is 30.5 Å². The first-order valence-electron chi connectivity index (χ1n) is 7.16. The highest BCUT2D eigenvalue weighted by molar-refractivity contribution is 7.87. The van der Waals surface area contributed by atoms with Crippen molar-refractivity contribution in [2.45, 2.75) is 46.1 Å². The molecule has 2 rings (SSSR count). The number of aromatic nitrogens is 1. The Bertz CT molecular complexity index is 752. The van der Waals surface area contributed by atoms with E-state index in [1.807, 2.05) is 45.0 Å². The van der Waals surface area contributed by atoms with Gasteiger partial charge in [0.05, 0.1) is 5.52 Å². The molecule has 0 amide bonds. The molecule has 5 heteroatoms. The average Bonchev–Trinajstić information content (AvgIpc) is 2.77. The molecular weight excluding hydrogens is 284 g/mol. The van der Waals surface area contributed by atoms with Gasteiger partial charge in [-0.3, -0.25) is 0 Å². The summed E-state index contributed by atoms with van der Waals surface area (Å²) in [6.45, 7) is 9.82. The first kappa shape index (κ1) is 16.0. The van der Waals surface area contributed by atoms with E-state index in [2.05, 4.69) is 13.8 Å². The van der Waals surface area contributed by atoms with Gasteiger partial charge in [0.2, 0.25) is 0 Å². The van der Waals surface area contributed by atoms with Gasteiger partial charge in [0.25, 0.3) is 0 Å². The SMILES string of the molecule is CC(C)c1cn(S(=O)(=O)N(C)C(C)(C)C)c2ccccc12. The van der Waals surface area contributed by atoms with Gasteiger partial charge < -0.3 is 0 Å². The van der Waals surface area contributed by atoms with Gasteiger partial charge in [-0.2, -0.15) is 12.7 Å². The van der Waals surface area contributed by atoms with Gasteiger partial charge in [-0.05, 0) is 38.3 Å². The molecule has 0 saturated carbocycles. The molecule has 116 valence electrons. The second-order valence-corrected chi connectivity index (χ2v) is 8.53. The van der Waals surface area contributed by atoms with Crippen LogP contribution < -0.4 is 0 Å². The maximum absolute atomic E-state index is 12.9. The summed E-state index contributed by atoms with van der Waals surface area (Å²) in [6, 6.07) is 7.65. The van der Waals surface area contributed by atoms with E-state index in [0.29, 0.717) is 0 Å². The second kappa shape index (κ2) is 5.14. The van der Waals surface area contributed by atoms with E-state index in [1.54, 1.807) is 13.2 Å². The monoisotopic (exact) mass is 308 g/mol. The zero-order valence-corrected chi connectivity index (χ0v) is 14.4. The number of para-hydroxylation sites is 1. The normalized spacial score (nSPS) is 13.5. The summed E-state index contributed by atoms with van der Waals surface area (Å²) in [5.41, 5.74) is 1.32. The Morgan fingerprint density at radius 2 is 1.71 bits per heavy atom. The summed E-state index contributed by atoms with van der Waals surface area (Å²) in [5.74, 6) is 0.270. The molecule has 0 saturated heterocycles. The molecule has 0 aliphatic carbocycles. The molecule has 0 spiro atoms. The molecule has 0 atom stereocenters. The first-order chi connectivity index (χ1) is 9.56. The minimum Gasteiger partial charge on any atom is -0.232 e. The number of hydrogen-bond donors (Lipinski definition) is 0. The van der Waals surface area contributed by atoms with Gasteiger partial charge in [0.1, 0.15) is 0 Å². The van der Waals surface area contributed by atoms with Crippen LogP contribution in [0.25, 0.3) is 10.9 Å². The smallest absolute Gasteiger partial charge is 0.232 e. The lowest BCUT2D eigenvalue weighted by Crippen LogP contribution is -2.44. The van der Waals surface area contributed by atoms with E-state index in [9.17, 15) is 8.42 Å². The number of hydrogen-bond acceptors (Lipinski definition) is 2. The first-order valence-corrected chi connectivity index (χ1v) is 8.56. The van der Waals surface area contributed by atoms with Crippen molar-refractivity contribution in [3.8, 4) is 0 Å². The predicted octanol–water partition coefficient (Wildman–Crippen LogP) is 3.59. The summed E-state index contributed by atoms with van der Waals surface area (Å²) in [5, 5.41) is 0.999. The molecule has 1 heterocycles. The lowest BCUT2D eigenvalue weighted by atomic mass is 10.0. The Kier molecular flexibility index (Phi) is 3.93. The molecule has 2 aromatic rings. The van der Waals surface area contributed by atoms with E-state index in [-0.39, 0.29) is 5.92 Å². The van der Waals surface area contributed by atoms with Crippen molar-refractivity contribution in [2.24, 2.45) is 0 Å². The molecular formula is C16H24N2O2S. The summed E-state index contributed by atoms with van der Waals surface area (Å²) < 4.78 is 28.7. The third-order valence-electron chi connectivity index (χ3n) is 3.87. The Morgan fingerprint density at radius 1 is 1.14 bits per heavy atom. The van der Waals surface area contributed by atoms with Gasteiger partial charge in [0, 0.05) is 24.2 Å². The van der Waals surface area contributed by atoms with Crippen LogP contribution in [0.4, 0.5) is 0 Å². The summed E-state index contributed by atoms with van der Waals surface area (Å²) in [4.78, 5) is 0. The van der Waals surface area contributed by atoms with Crippen LogP contribution in [0.3, 0.4) is 0 Å². The molecule has 0 aliphatic heterocycles. The molecule has 0 unspecified atom stereocenters. The third kappa shape index (κ3) is 2.72. The van der Waals surface area contributed by atoms with Gasteiger partial charge in [-0.1, -0.05) is 32.0 Å². The van der Waals surface area contributed by atoms with Crippen molar-refractivity contribution in [1.82, 2.24) is 8.28 Å². The third-order valence-corrected chi connectivity index (χ3v) is 5.91. The van der Waals surface area contributed by atoms with E-state index in [0.717, 1.165) is 16.5 Å². The van der Waals surface area contributed by atoms with Gasteiger partial charge in [-0.15, -0.1) is 0 Å². The molecule has 4 nitrogen and oxygen atoms in total. The second-order valence-electron chi connectivity index (χ2n) is 6.70. The molecule has 1 aromatic carbocycles. The average molecular weight is 308 g/mol. The van der Waals surface area contributed by atoms with Crippen LogP contribution in [0, 0.1) is 0 Å². The van der Waals surface area contributed by atoms with Crippen molar-refractivity contribution >= 4 is 21.1 Å². The molecule has 0 N–H and O–H groups in total. The van der Waals surface area contributed by atoms with Crippen LogP contribution in [-0.2, 0) is 10.2 Å². The summed E-state index contributed by atoms with van der Waals surface area (Å²) in [6.07, 6.45) is 1.76. The fourth-order valence-corrected chi connectivity index (χ4v) is 3.91. The Hall–Kier alpha value is -1.33. The zero-order valence-electron chi connectivity index (χ0n) is 13.6. The van der Waals surface area contributed by atoms with Crippen LogP contribution >= 0.6 is 0 Å². The minimum absolute atomic E-state index is 0.270. The fraction of sp³-hybridized carbons (Fsp3) is 0.500. The minimum atomic E-state index is -3.59. The molecule has 0 aliphatic rings. The Balaban J connectivity index is 2.73. The summed E-state index contributed by atoms with van der Waals surface area (Å²) in [7, 11) is -1.96. The van der Waals surface area contributed by atoms with Crippen molar-refractivity contribution in [3.63, 3.8) is 0 Å². The van der Waals surface area contributed by atoms with E-state index >= 15 is 0 Å². The van der Waals surface area contributed by atoms with Crippen molar-refractivity contribution in [1.29, 1.82) is 0 Å². The number of nitrogens with zero attached hydrogens (tertiary/aromatic N) is 2. The number of rotatable bonds is 3. The van der Waals surface area contributed by atoms with E-state index < -0.39 is 15.7 Å². The topological polar surface area (TPSA) is 42.3 Å². The Morgan fingerprint density at radius 3 is 2.24 bits per heavy atom. The largest absolute Gasteiger partial charge is 0.308 e. The van der Waals surface area contributed by atoms with Crippen LogP contribution in [0.5, 0.6) is 0 Å². The maximum atomic E-state index is 12.9. The zero-order chi connectivity index (χ0) is 16.0. The van der Waals surface area contributed by atoms with Crippen molar-refractivity contribution in [3.05, 3.63) is 36.0 Å². The fourth-order valence-electron chi connectivity index (χ4n) is 2.30. The molecule has 0 bridgehead atoms.